The van der Waals surface area contributed by atoms with Gasteiger partial charge in [0.25, 0.3) is 0 Å². The lowest BCUT2D eigenvalue weighted by molar-refractivity contribution is 1.18. The highest BCUT2D eigenvalue weighted by molar-refractivity contribution is 14.1. The van der Waals surface area contributed by atoms with E-state index in [1.165, 1.54) is 17.8 Å². The summed E-state index contributed by atoms with van der Waals surface area (Å²) < 4.78 is 2.82. The first kappa shape index (κ1) is 8.26. The van der Waals surface area contributed by atoms with Crippen molar-refractivity contribution < 1.29 is 0 Å². The van der Waals surface area contributed by atoms with Gasteiger partial charge in [-0.2, -0.15) is 0 Å². The zero-order valence-electron chi connectivity index (χ0n) is 4.95. The van der Waals surface area contributed by atoms with Crippen molar-refractivity contribution in [3.8, 4) is 0 Å². The number of hydrogen-bond acceptors (Lipinski definition) is 1. The van der Waals surface area contributed by atoms with Crippen molar-refractivity contribution in [2.24, 2.45) is 0 Å². The average molecular weight is 364 g/mol. The predicted octanol–water partition coefficient (Wildman–Crippen LogP) is 3.52. The van der Waals surface area contributed by atoms with Gasteiger partial charge < -0.3 is 0 Å². The summed E-state index contributed by atoms with van der Waals surface area (Å²) in [6, 6.07) is 2.26. The molecule has 0 radical (unpaired) electrons. The first-order chi connectivity index (χ1) is 4.24. The van der Waals surface area contributed by atoms with E-state index in [2.05, 4.69) is 58.2 Å². The van der Waals surface area contributed by atoms with Crippen LogP contribution in [0.2, 0.25) is 0 Å². The largest absolute Gasteiger partial charge is 0.133 e. The maximum absolute atomic E-state index is 2.38. The molecule has 1 aromatic heterocycles. The van der Waals surface area contributed by atoms with Crippen molar-refractivity contribution in [3.05, 3.63) is 17.4 Å². The topological polar surface area (TPSA) is 0 Å². The van der Waals surface area contributed by atoms with E-state index in [4.69, 9.17) is 0 Å². The Morgan fingerprint density at radius 2 is 2.22 bits per heavy atom. The van der Waals surface area contributed by atoms with Crippen LogP contribution in [0.5, 0.6) is 0 Å². The summed E-state index contributed by atoms with van der Waals surface area (Å²) in [5.41, 5.74) is 0. The lowest BCUT2D eigenvalue weighted by Crippen LogP contribution is -1.65. The van der Waals surface area contributed by atoms with E-state index in [-0.39, 0.29) is 0 Å². The van der Waals surface area contributed by atoms with E-state index >= 15 is 0 Å². The van der Waals surface area contributed by atoms with E-state index < -0.39 is 0 Å². The molecule has 3 heteroatoms. The van der Waals surface area contributed by atoms with Gasteiger partial charge in [0.05, 0.1) is 2.88 Å². The molecule has 0 saturated heterocycles. The molecule has 0 saturated carbocycles. The summed E-state index contributed by atoms with van der Waals surface area (Å²) in [6.45, 7) is 2.19. The SMILES string of the molecule is CCc1cc(I)c(I)s1. The molecule has 0 fully saturated rings. The molecule has 0 spiro atoms. The third kappa shape index (κ3) is 2.04. The fourth-order valence-corrected chi connectivity index (χ4v) is 3.20. The highest BCUT2D eigenvalue weighted by Crippen LogP contribution is 2.25. The van der Waals surface area contributed by atoms with Gasteiger partial charge in [-0.05, 0) is 57.7 Å². The second-order valence-electron chi connectivity index (χ2n) is 1.69. The van der Waals surface area contributed by atoms with Crippen molar-refractivity contribution in [1.82, 2.24) is 0 Å². The first-order valence-corrected chi connectivity index (χ1v) is 5.65. The smallest absolute Gasteiger partial charge is 0.0789 e. The Labute approximate surface area is 86.3 Å². The van der Waals surface area contributed by atoms with Crippen LogP contribution in [0.1, 0.15) is 11.8 Å². The number of halogens is 2. The van der Waals surface area contributed by atoms with Crippen LogP contribution in [-0.4, -0.2) is 0 Å². The van der Waals surface area contributed by atoms with Gasteiger partial charge in [0.2, 0.25) is 0 Å². The fourth-order valence-electron chi connectivity index (χ4n) is 0.566. The van der Waals surface area contributed by atoms with E-state index in [9.17, 15) is 0 Å². The van der Waals surface area contributed by atoms with E-state index in [0.717, 1.165) is 0 Å². The monoisotopic (exact) mass is 364 g/mol. The lowest BCUT2D eigenvalue weighted by Gasteiger charge is -1.79. The fraction of sp³-hybridized carbons (Fsp3) is 0.333. The van der Waals surface area contributed by atoms with Crippen LogP contribution in [0.3, 0.4) is 0 Å². The Kier molecular flexibility index (Phi) is 3.23. The highest BCUT2D eigenvalue weighted by atomic mass is 127. The molecule has 1 rings (SSSR count). The number of hydrogen-bond donors (Lipinski definition) is 0. The van der Waals surface area contributed by atoms with Crippen LogP contribution < -0.4 is 0 Å². The Morgan fingerprint density at radius 1 is 1.56 bits per heavy atom. The molecule has 1 aromatic rings. The zero-order chi connectivity index (χ0) is 6.85. The molecule has 9 heavy (non-hydrogen) atoms. The Bertz CT molecular complexity index is 185. The standard InChI is InChI=1S/C6H6I2S/c1-2-4-3-5(7)6(8)9-4/h3H,2H2,1H3. The van der Waals surface area contributed by atoms with Gasteiger partial charge in [0, 0.05) is 8.45 Å². The summed E-state index contributed by atoms with van der Waals surface area (Å²) >= 11 is 6.64. The Morgan fingerprint density at radius 3 is 2.44 bits per heavy atom. The number of aryl methyl sites for hydroxylation is 1. The van der Waals surface area contributed by atoms with Crippen LogP contribution in [0.15, 0.2) is 6.07 Å². The minimum absolute atomic E-state index is 1.17. The van der Waals surface area contributed by atoms with Crippen molar-refractivity contribution in [1.29, 1.82) is 0 Å². The molecule has 0 aliphatic rings. The van der Waals surface area contributed by atoms with Crippen LogP contribution >= 0.6 is 56.5 Å². The zero-order valence-corrected chi connectivity index (χ0v) is 10.1. The molecular weight excluding hydrogens is 358 g/mol. The molecule has 0 amide bonds. The maximum Gasteiger partial charge on any atom is 0.0789 e. The predicted molar refractivity (Wildman–Crippen MR) is 59.1 cm³/mol. The van der Waals surface area contributed by atoms with E-state index in [1.54, 1.807) is 0 Å². The molecule has 1 heterocycles. The number of thiophene rings is 1. The molecular formula is C6H6I2S. The summed E-state index contributed by atoms with van der Waals surface area (Å²) in [5.74, 6) is 0. The van der Waals surface area contributed by atoms with Crippen molar-refractivity contribution in [3.63, 3.8) is 0 Å². The molecule has 0 atom stereocenters. The molecule has 0 aromatic carbocycles. The maximum atomic E-state index is 2.38. The van der Waals surface area contributed by atoms with Crippen LogP contribution in [0.4, 0.5) is 0 Å². The van der Waals surface area contributed by atoms with Gasteiger partial charge in [-0.25, -0.2) is 0 Å². The Balaban J connectivity index is 2.98. The quantitative estimate of drug-likeness (QED) is 0.670. The third-order valence-electron chi connectivity index (χ3n) is 1.04. The normalized spacial score (nSPS) is 10.1. The van der Waals surface area contributed by atoms with Crippen LogP contribution in [-0.2, 0) is 6.42 Å². The lowest BCUT2D eigenvalue weighted by atomic mass is 10.4. The van der Waals surface area contributed by atoms with Gasteiger partial charge in [0.15, 0.2) is 0 Å². The van der Waals surface area contributed by atoms with Gasteiger partial charge in [-0.1, -0.05) is 6.92 Å². The van der Waals surface area contributed by atoms with E-state index in [1.807, 2.05) is 11.3 Å². The van der Waals surface area contributed by atoms with Crippen molar-refractivity contribution >= 4 is 56.5 Å². The minimum atomic E-state index is 1.17. The molecule has 0 aliphatic carbocycles. The summed E-state index contributed by atoms with van der Waals surface area (Å²) in [4.78, 5) is 1.49. The Hall–Kier alpha value is 1.16. The van der Waals surface area contributed by atoms with E-state index in [0.29, 0.717) is 0 Å². The van der Waals surface area contributed by atoms with Crippen LogP contribution in [0, 0.1) is 6.45 Å². The molecule has 0 N–H and O–H groups in total. The third-order valence-corrected chi connectivity index (χ3v) is 5.60. The number of rotatable bonds is 1. The molecule has 50 valence electrons. The van der Waals surface area contributed by atoms with Gasteiger partial charge in [-0.15, -0.1) is 11.3 Å². The molecule has 0 bridgehead atoms. The second-order valence-corrected chi connectivity index (χ2v) is 5.80. The van der Waals surface area contributed by atoms with Gasteiger partial charge >= 0.3 is 0 Å². The van der Waals surface area contributed by atoms with Gasteiger partial charge in [0.1, 0.15) is 0 Å². The average Bonchev–Trinajstić information content (AvgIpc) is 2.13. The summed E-state index contributed by atoms with van der Waals surface area (Å²) in [6.07, 6.45) is 1.17. The molecule has 0 nitrogen and oxygen atoms in total. The first-order valence-electron chi connectivity index (χ1n) is 2.67. The van der Waals surface area contributed by atoms with Crippen molar-refractivity contribution in [2.45, 2.75) is 13.3 Å². The van der Waals surface area contributed by atoms with Crippen LogP contribution in [0.25, 0.3) is 0 Å². The highest BCUT2D eigenvalue weighted by Gasteiger charge is 2.00. The van der Waals surface area contributed by atoms with Crippen molar-refractivity contribution in [2.75, 3.05) is 0 Å². The summed E-state index contributed by atoms with van der Waals surface area (Å²) in [5, 5.41) is 0. The summed E-state index contributed by atoms with van der Waals surface area (Å²) in [7, 11) is 0. The second kappa shape index (κ2) is 3.52. The minimum Gasteiger partial charge on any atom is -0.133 e. The molecule has 0 aliphatic heterocycles. The molecule has 0 unspecified atom stereocenters. The van der Waals surface area contributed by atoms with Gasteiger partial charge in [-0.3, -0.25) is 0 Å².